The van der Waals surface area contributed by atoms with Crippen molar-refractivity contribution in [2.24, 2.45) is 0 Å². The van der Waals surface area contributed by atoms with Crippen LogP contribution in [0.25, 0.3) is 10.9 Å². The normalized spacial score (nSPS) is 23.0. The second-order valence-corrected chi connectivity index (χ2v) is 6.69. The maximum Gasteiger partial charge on any atom is 0.407 e. The fraction of sp³-hybridized carbons (Fsp3) is 0.389. The summed E-state index contributed by atoms with van der Waals surface area (Å²) in [5, 5.41) is 13.2. The molecule has 2 amide bonds. The first-order chi connectivity index (χ1) is 12.1. The van der Waals surface area contributed by atoms with Gasteiger partial charge in [0.25, 0.3) is 0 Å². The van der Waals surface area contributed by atoms with Crippen LogP contribution in [0.3, 0.4) is 0 Å². The number of likely N-dealkylation sites (tertiary alicyclic amines) is 1. The van der Waals surface area contributed by atoms with Crippen LogP contribution in [-0.2, 0) is 4.79 Å². The third kappa shape index (κ3) is 3.02. The van der Waals surface area contributed by atoms with Crippen LogP contribution in [0.5, 0.6) is 0 Å². The maximum atomic E-state index is 12.5. The van der Waals surface area contributed by atoms with E-state index in [1.165, 1.54) is 0 Å². The summed E-state index contributed by atoms with van der Waals surface area (Å²) < 4.78 is 0. The van der Waals surface area contributed by atoms with E-state index in [0.717, 1.165) is 29.4 Å². The molecule has 1 aromatic heterocycles. The summed E-state index contributed by atoms with van der Waals surface area (Å²) in [4.78, 5) is 31.7. The van der Waals surface area contributed by atoms with Crippen LogP contribution in [-0.4, -0.2) is 63.6 Å². The minimum atomic E-state index is -0.847. The molecule has 2 N–H and O–H groups in total. The van der Waals surface area contributed by atoms with Crippen molar-refractivity contribution in [1.29, 1.82) is 0 Å². The van der Waals surface area contributed by atoms with Crippen molar-refractivity contribution < 1.29 is 14.7 Å². The minimum Gasteiger partial charge on any atom is -0.465 e. The number of fused-ring (bicyclic) bond motifs is 3. The number of hydrogen-bond acceptors (Lipinski definition) is 4. The van der Waals surface area contributed by atoms with Crippen molar-refractivity contribution in [1.82, 2.24) is 14.8 Å². The molecule has 0 radical (unpaired) electrons. The van der Waals surface area contributed by atoms with E-state index >= 15 is 0 Å². The number of rotatable bonds is 3. The molecular weight excluding hydrogens is 320 g/mol. The number of anilines is 1. The third-order valence-corrected chi connectivity index (χ3v) is 5.07. The van der Waals surface area contributed by atoms with Crippen molar-refractivity contribution in [3.63, 3.8) is 0 Å². The van der Waals surface area contributed by atoms with E-state index in [-0.39, 0.29) is 24.5 Å². The van der Waals surface area contributed by atoms with Gasteiger partial charge in [0.15, 0.2) is 0 Å². The summed E-state index contributed by atoms with van der Waals surface area (Å²) in [5.41, 5.74) is 1.59. The predicted octanol–water partition coefficient (Wildman–Crippen LogP) is 2.00. The highest BCUT2D eigenvalue weighted by Gasteiger charge is 2.42. The van der Waals surface area contributed by atoms with E-state index < -0.39 is 6.09 Å². The lowest BCUT2D eigenvalue weighted by Gasteiger charge is -2.39. The second-order valence-electron chi connectivity index (χ2n) is 6.69. The first kappa shape index (κ1) is 15.8. The molecule has 2 saturated heterocycles. The van der Waals surface area contributed by atoms with Gasteiger partial charge in [-0.05, 0) is 37.1 Å². The Kier molecular flexibility index (Phi) is 4.01. The molecule has 25 heavy (non-hydrogen) atoms. The number of nitrogens with one attached hydrogen (secondary N) is 1. The first-order valence-electron chi connectivity index (χ1n) is 8.49. The number of carbonyl (C=O) groups excluding carboxylic acids is 1. The molecule has 0 aliphatic carbocycles. The molecule has 0 saturated carbocycles. The van der Waals surface area contributed by atoms with Gasteiger partial charge in [0.2, 0.25) is 5.91 Å². The van der Waals surface area contributed by atoms with Gasteiger partial charge >= 0.3 is 6.09 Å². The summed E-state index contributed by atoms with van der Waals surface area (Å²) in [6.07, 6.45) is 2.64. The molecule has 2 unspecified atom stereocenters. The maximum absolute atomic E-state index is 12.5. The van der Waals surface area contributed by atoms with Crippen LogP contribution in [0.2, 0.25) is 0 Å². The topological polar surface area (TPSA) is 85.8 Å². The lowest BCUT2D eigenvalue weighted by atomic mass is 10.1. The molecule has 2 aromatic rings. The lowest BCUT2D eigenvalue weighted by molar-refractivity contribution is -0.117. The zero-order valence-corrected chi connectivity index (χ0v) is 13.8. The number of hydrogen-bond donors (Lipinski definition) is 2. The van der Waals surface area contributed by atoms with Crippen molar-refractivity contribution in [3.8, 4) is 0 Å². The van der Waals surface area contributed by atoms with Gasteiger partial charge in [0.05, 0.1) is 17.7 Å². The van der Waals surface area contributed by atoms with Gasteiger partial charge in [0, 0.05) is 36.8 Å². The van der Waals surface area contributed by atoms with E-state index in [2.05, 4.69) is 15.2 Å². The monoisotopic (exact) mass is 340 g/mol. The molecule has 2 bridgehead atoms. The fourth-order valence-corrected chi connectivity index (χ4v) is 4.04. The summed E-state index contributed by atoms with van der Waals surface area (Å²) in [7, 11) is 0. The number of aromatic nitrogens is 1. The van der Waals surface area contributed by atoms with Crippen molar-refractivity contribution in [2.75, 3.05) is 25.0 Å². The summed E-state index contributed by atoms with van der Waals surface area (Å²) in [6, 6.07) is 9.44. The number of carboxylic acid groups (broad SMARTS) is 1. The summed E-state index contributed by atoms with van der Waals surface area (Å²) >= 11 is 0. The molecule has 7 heteroatoms. The highest BCUT2D eigenvalue weighted by atomic mass is 16.4. The molecule has 130 valence electrons. The Morgan fingerprint density at radius 1 is 1.16 bits per heavy atom. The molecule has 7 nitrogen and oxygen atoms in total. The van der Waals surface area contributed by atoms with Gasteiger partial charge in [-0.15, -0.1) is 0 Å². The Balaban J connectivity index is 1.42. The predicted molar refractivity (Wildman–Crippen MR) is 93.5 cm³/mol. The summed E-state index contributed by atoms with van der Waals surface area (Å²) in [6.45, 7) is 1.51. The Bertz CT molecular complexity index is 806. The molecular formula is C18H20N4O3. The fourth-order valence-electron chi connectivity index (χ4n) is 4.04. The second kappa shape index (κ2) is 6.33. The molecule has 2 fully saturated rings. The van der Waals surface area contributed by atoms with Gasteiger partial charge in [-0.2, -0.15) is 0 Å². The van der Waals surface area contributed by atoms with Crippen molar-refractivity contribution >= 4 is 28.6 Å². The highest BCUT2D eigenvalue weighted by molar-refractivity contribution is 6.01. The average molecular weight is 340 g/mol. The zero-order valence-electron chi connectivity index (χ0n) is 13.8. The number of carbonyl (C=O) groups is 2. The van der Waals surface area contributed by atoms with Crippen LogP contribution in [0.1, 0.15) is 12.8 Å². The number of piperazine rings is 1. The van der Waals surface area contributed by atoms with Crippen molar-refractivity contribution in [2.45, 2.75) is 24.9 Å². The Morgan fingerprint density at radius 2 is 1.92 bits per heavy atom. The van der Waals surface area contributed by atoms with Crippen molar-refractivity contribution in [3.05, 3.63) is 36.5 Å². The Morgan fingerprint density at radius 3 is 2.64 bits per heavy atom. The lowest BCUT2D eigenvalue weighted by Crippen LogP contribution is -2.56. The van der Waals surface area contributed by atoms with Crippen LogP contribution in [0.4, 0.5) is 10.5 Å². The summed E-state index contributed by atoms with van der Waals surface area (Å²) in [5.74, 6) is -0.0838. The quantitative estimate of drug-likeness (QED) is 0.892. The molecule has 2 atom stereocenters. The standard InChI is InChI=1S/C18H20N4O3/c23-17(20-16-5-1-4-15-14(16)3-2-8-19-15)11-21-9-12-6-7-13(10-21)22(12)18(24)25/h1-5,8,12-13H,6-7,9-11H2,(H,20,23)(H,24,25). The SMILES string of the molecule is O=C(CN1CC2CCC(C1)N2C(=O)O)Nc1cccc2ncccc12. The van der Waals surface area contributed by atoms with Crippen LogP contribution in [0, 0.1) is 0 Å². The number of benzene rings is 1. The molecule has 2 aliphatic rings. The Hall–Kier alpha value is -2.67. The van der Waals surface area contributed by atoms with Gasteiger partial charge in [0.1, 0.15) is 0 Å². The largest absolute Gasteiger partial charge is 0.465 e. The molecule has 2 aliphatic heterocycles. The van der Waals surface area contributed by atoms with Gasteiger partial charge in [-0.3, -0.25) is 19.6 Å². The first-order valence-corrected chi connectivity index (χ1v) is 8.49. The minimum absolute atomic E-state index is 0.00538. The van der Waals surface area contributed by atoms with Gasteiger partial charge < -0.3 is 10.4 Å². The van der Waals surface area contributed by atoms with E-state index in [9.17, 15) is 14.7 Å². The molecule has 4 rings (SSSR count). The Labute approximate surface area is 145 Å². The number of pyridine rings is 1. The van der Waals surface area contributed by atoms with E-state index in [1.54, 1.807) is 11.1 Å². The average Bonchev–Trinajstić information content (AvgIpc) is 2.87. The van der Waals surface area contributed by atoms with E-state index in [4.69, 9.17) is 0 Å². The van der Waals surface area contributed by atoms with Crippen LogP contribution in [0.15, 0.2) is 36.5 Å². The van der Waals surface area contributed by atoms with Gasteiger partial charge in [-0.25, -0.2) is 4.79 Å². The van der Waals surface area contributed by atoms with Crippen LogP contribution < -0.4 is 5.32 Å². The van der Waals surface area contributed by atoms with Gasteiger partial charge in [-0.1, -0.05) is 6.07 Å². The smallest absolute Gasteiger partial charge is 0.407 e. The molecule has 0 spiro atoms. The molecule has 1 aromatic carbocycles. The third-order valence-electron chi connectivity index (χ3n) is 5.07. The van der Waals surface area contributed by atoms with E-state index in [0.29, 0.717) is 13.1 Å². The van der Waals surface area contributed by atoms with Crippen LogP contribution >= 0.6 is 0 Å². The zero-order chi connectivity index (χ0) is 17.4. The number of amides is 2. The molecule has 3 heterocycles. The number of nitrogens with zero attached hydrogens (tertiary/aromatic N) is 3. The van der Waals surface area contributed by atoms with E-state index in [1.807, 2.05) is 30.3 Å². The highest BCUT2D eigenvalue weighted by Crippen LogP contribution is 2.30.